The van der Waals surface area contributed by atoms with Gasteiger partial charge >= 0.3 is 0 Å². The number of hydrogen-bond donors (Lipinski definition) is 0. The number of nitrogens with zero attached hydrogens (tertiary/aromatic N) is 3. The molecule has 4 rings (SSSR count). The fourth-order valence-corrected chi connectivity index (χ4v) is 4.24. The van der Waals surface area contributed by atoms with Gasteiger partial charge in [-0.1, -0.05) is 35.5 Å². The summed E-state index contributed by atoms with van der Waals surface area (Å²) in [4.78, 5) is 29.4. The van der Waals surface area contributed by atoms with Crippen molar-refractivity contribution in [2.24, 2.45) is 5.41 Å². The van der Waals surface area contributed by atoms with E-state index in [0.29, 0.717) is 25.9 Å². The summed E-state index contributed by atoms with van der Waals surface area (Å²) in [5.74, 6) is 1.05. The summed E-state index contributed by atoms with van der Waals surface area (Å²) >= 11 is 0. The van der Waals surface area contributed by atoms with Crippen molar-refractivity contribution < 1.29 is 14.1 Å². The fourth-order valence-electron chi connectivity index (χ4n) is 4.24. The molecule has 1 spiro atoms. The minimum Gasteiger partial charge on any atom is -0.361 e. The van der Waals surface area contributed by atoms with E-state index in [2.05, 4.69) is 17.3 Å². The van der Waals surface area contributed by atoms with Gasteiger partial charge in [0, 0.05) is 45.1 Å². The Morgan fingerprint density at radius 2 is 1.93 bits per heavy atom. The number of aromatic nitrogens is 1. The van der Waals surface area contributed by atoms with E-state index in [1.54, 1.807) is 12.3 Å². The number of carbonyl (C=O) groups excluding carboxylic acids is 2. The van der Waals surface area contributed by atoms with Gasteiger partial charge in [0.05, 0.1) is 11.6 Å². The van der Waals surface area contributed by atoms with Gasteiger partial charge in [-0.3, -0.25) is 9.59 Å². The highest BCUT2D eigenvalue weighted by molar-refractivity contribution is 5.87. The number of carbonyl (C=O) groups is 2. The molecule has 27 heavy (non-hydrogen) atoms. The highest BCUT2D eigenvalue weighted by Crippen LogP contribution is 2.40. The first kappa shape index (κ1) is 17.8. The summed E-state index contributed by atoms with van der Waals surface area (Å²) in [7, 11) is 0. The molecule has 2 saturated heterocycles. The topological polar surface area (TPSA) is 66.7 Å². The van der Waals surface area contributed by atoms with Gasteiger partial charge in [-0.05, 0) is 24.8 Å². The molecule has 3 heterocycles. The second kappa shape index (κ2) is 7.55. The zero-order valence-corrected chi connectivity index (χ0v) is 15.5. The van der Waals surface area contributed by atoms with E-state index in [9.17, 15) is 9.59 Å². The number of amides is 2. The molecular weight excluding hydrogens is 342 g/mol. The summed E-state index contributed by atoms with van der Waals surface area (Å²) in [5.41, 5.74) is 0.889. The second-order valence-corrected chi connectivity index (χ2v) is 7.60. The van der Waals surface area contributed by atoms with Crippen LogP contribution in [0.25, 0.3) is 0 Å². The predicted octanol–water partition coefficient (Wildman–Crippen LogP) is 2.30. The van der Waals surface area contributed by atoms with Gasteiger partial charge in [0.2, 0.25) is 11.8 Å². The fraction of sp³-hybridized carbons (Fsp3) is 0.476. The van der Waals surface area contributed by atoms with Gasteiger partial charge in [0.1, 0.15) is 5.76 Å². The molecule has 0 N–H and O–H groups in total. The molecule has 2 aromatic rings. The van der Waals surface area contributed by atoms with Gasteiger partial charge in [0.25, 0.3) is 0 Å². The molecule has 0 radical (unpaired) electrons. The van der Waals surface area contributed by atoms with Crippen LogP contribution in [-0.4, -0.2) is 52.9 Å². The zero-order valence-electron chi connectivity index (χ0n) is 15.5. The Labute approximate surface area is 159 Å². The second-order valence-electron chi connectivity index (χ2n) is 7.60. The van der Waals surface area contributed by atoms with Crippen LogP contribution in [0.1, 0.15) is 30.6 Å². The molecule has 1 unspecified atom stereocenters. The summed E-state index contributed by atoms with van der Waals surface area (Å²) in [6.45, 7) is 2.78. The Morgan fingerprint density at radius 3 is 2.70 bits per heavy atom. The molecule has 0 bridgehead atoms. The maximum Gasteiger partial charge on any atom is 0.230 e. The monoisotopic (exact) mass is 367 g/mol. The molecule has 1 aromatic heterocycles. The van der Waals surface area contributed by atoms with E-state index in [0.717, 1.165) is 38.1 Å². The van der Waals surface area contributed by atoms with Crippen molar-refractivity contribution in [1.29, 1.82) is 0 Å². The Balaban J connectivity index is 1.30. The largest absolute Gasteiger partial charge is 0.361 e. The van der Waals surface area contributed by atoms with Crippen molar-refractivity contribution in [1.82, 2.24) is 15.0 Å². The first-order chi connectivity index (χ1) is 13.2. The summed E-state index contributed by atoms with van der Waals surface area (Å²) in [5, 5.41) is 3.66. The van der Waals surface area contributed by atoms with Crippen LogP contribution in [0.15, 0.2) is 47.1 Å². The van der Waals surface area contributed by atoms with E-state index in [4.69, 9.17) is 4.52 Å². The first-order valence-electron chi connectivity index (χ1n) is 9.67. The molecule has 2 fully saturated rings. The SMILES string of the molecule is O=C(CCc1ccno1)N1CCC2(CCN(CCc3ccccc3)C2=O)C1. The number of likely N-dealkylation sites (tertiary alicyclic amines) is 2. The predicted molar refractivity (Wildman–Crippen MR) is 99.8 cm³/mol. The highest BCUT2D eigenvalue weighted by Gasteiger charge is 2.51. The van der Waals surface area contributed by atoms with Crippen molar-refractivity contribution in [2.75, 3.05) is 26.2 Å². The summed E-state index contributed by atoms with van der Waals surface area (Å²) < 4.78 is 5.05. The van der Waals surface area contributed by atoms with E-state index < -0.39 is 0 Å². The lowest BCUT2D eigenvalue weighted by atomic mass is 9.85. The third kappa shape index (κ3) is 3.75. The first-order valence-corrected chi connectivity index (χ1v) is 9.67. The van der Waals surface area contributed by atoms with Crippen molar-refractivity contribution in [3.05, 3.63) is 53.9 Å². The Bertz CT molecular complexity index is 790. The third-order valence-electron chi connectivity index (χ3n) is 5.90. The van der Waals surface area contributed by atoms with Crippen LogP contribution in [0.5, 0.6) is 0 Å². The quantitative estimate of drug-likeness (QED) is 0.786. The highest BCUT2D eigenvalue weighted by atomic mass is 16.5. The van der Waals surface area contributed by atoms with Crippen molar-refractivity contribution in [2.45, 2.75) is 32.1 Å². The number of rotatable bonds is 6. The molecule has 2 aliphatic rings. The van der Waals surface area contributed by atoms with Crippen LogP contribution < -0.4 is 0 Å². The van der Waals surface area contributed by atoms with Gasteiger partial charge in [-0.15, -0.1) is 0 Å². The van der Waals surface area contributed by atoms with E-state index >= 15 is 0 Å². The maximum atomic E-state index is 13.0. The Hall–Kier alpha value is -2.63. The molecule has 2 aliphatic heterocycles. The molecule has 6 nitrogen and oxygen atoms in total. The normalized spacial score (nSPS) is 22.1. The Morgan fingerprint density at radius 1 is 1.11 bits per heavy atom. The van der Waals surface area contributed by atoms with Crippen LogP contribution in [0, 0.1) is 5.41 Å². The van der Waals surface area contributed by atoms with Gasteiger partial charge in [-0.25, -0.2) is 0 Å². The molecule has 2 amide bonds. The Kier molecular flexibility index (Phi) is 4.97. The van der Waals surface area contributed by atoms with Crippen LogP contribution in [-0.2, 0) is 22.4 Å². The average Bonchev–Trinajstić information content (AvgIpc) is 3.43. The van der Waals surface area contributed by atoms with E-state index in [1.807, 2.05) is 28.0 Å². The minimum atomic E-state index is -0.363. The standard InChI is InChI=1S/C21H25N3O3/c25-19(7-6-18-8-12-22-27-18)24-15-11-21(16-24)10-14-23(20(21)26)13-9-17-4-2-1-3-5-17/h1-5,8,12H,6-7,9-11,13-16H2. The van der Waals surface area contributed by atoms with Crippen molar-refractivity contribution in [3.63, 3.8) is 0 Å². The lowest BCUT2D eigenvalue weighted by molar-refractivity contribution is -0.136. The molecule has 0 aliphatic carbocycles. The maximum absolute atomic E-state index is 13.0. The minimum absolute atomic E-state index is 0.0961. The third-order valence-corrected chi connectivity index (χ3v) is 5.90. The van der Waals surface area contributed by atoms with Crippen molar-refractivity contribution >= 4 is 11.8 Å². The summed E-state index contributed by atoms with van der Waals surface area (Å²) in [6, 6.07) is 12.0. The molecule has 1 aromatic carbocycles. The van der Waals surface area contributed by atoms with Gasteiger partial charge in [0.15, 0.2) is 0 Å². The molecule has 142 valence electrons. The van der Waals surface area contributed by atoms with Gasteiger partial charge in [-0.2, -0.15) is 0 Å². The number of hydrogen-bond acceptors (Lipinski definition) is 4. The molecule has 0 saturated carbocycles. The van der Waals surface area contributed by atoms with Crippen LogP contribution in [0.4, 0.5) is 0 Å². The summed E-state index contributed by atoms with van der Waals surface area (Å²) in [6.07, 6.45) is 5.05. The van der Waals surface area contributed by atoms with Crippen LogP contribution in [0.3, 0.4) is 0 Å². The van der Waals surface area contributed by atoms with E-state index in [-0.39, 0.29) is 17.2 Å². The lowest BCUT2D eigenvalue weighted by Crippen LogP contribution is -2.39. The zero-order chi connectivity index (χ0) is 18.7. The smallest absolute Gasteiger partial charge is 0.230 e. The van der Waals surface area contributed by atoms with Crippen LogP contribution in [0.2, 0.25) is 0 Å². The number of benzene rings is 1. The lowest BCUT2D eigenvalue weighted by Gasteiger charge is -2.23. The van der Waals surface area contributed by atoms with Crippen molar-refractivity contribution in [3.8, 4) is 0 Å². The molecular formula is C21H25N3O3. The van der Waals surface area contributed by atoms with E-state index in [1.165, 1.54) is 5.56 Å². The van der Waals surface area contributed by atoms with Gasteiger partial charge < -0.3 is 14.3 Å². The molecule has 1 atom stereocenters. The van der Waals surface area contributed by atoms with Crippen LogP contribution >= 0.6 is 0 Å². The molecule has 6 heteroatoms. The number of aryl methyl sites for hydroxylation is 1. The average molecular weight is 367 g/mol.